The molecule has 70 valence electrons. The smallest absolute Gasteiger partial charge is 0.338 e. The average Bonchev–Trinajstić information content (AvgIpc) is 2.19. The van der Waals surface area contributed by atoms with Crippen molar-refractivity contribution in [3.05, 3.63) is 28.9 Å². The van der Waals surface area contributed by atoms with Crippen molar-refractivity contribution in [2.24, 2.45) is 9.98 Å². The Morgan fingerprint density at radius 1 is 1.07 bits per heavy atom. The number of rotatable bonds is 1. The van der Waals surface area contributed by atoms with Crippen LogP contribution in [0.15, 0.2) is 28.2 Å². The van der Waals surface area contributed by atoms with E-state index in [1.54, 1.807) is 18.2 Å². The van der Waals surface area contributed by atoms with E-state index < -0.39 is 11.8 Å². The third-order valence-electron chi connectivity index (χ3n) is 1.81. The van der Waals surface area contributed by atoms with Gasteiger partial charge in [0.15, 0.2) is 0 Å². The standard InChI is InChI=1S/C9H6N2O3/c1-14-5-2-3-6-7(4-5)11-9(13)8(12)10-6/h2-4H,1H3. The van der Waals surface area contributed by atoms with Gasteiger partial charge in [0.2, 0.25) is 0 Å². The third kappa shape index (κ3) is 1.28. The van der Waals surface area contributed by atoms with E-state index >= 15 is 0 Å². The van der Waals surface area contributed by atoms with Crippen molar-refractivity contribution in [1.29, 1.82) is 0 Å². The normalized spacial score (nSPS) is 14.1. The van der Waals surface area contributed by atoms with Crippen LogP contribution in [0.1, 0.15) is 0 Å². The van der Waals surface area contributed by atoms with Crippen molar-refractivity contribution >= 4 is 11.8 Å². The molecule has 0 atom stereocenters. The van der Waals surface area contributed by atoms with Gasteiger partial charge in [-0.15, -0.1) is 0 Å². The van der Waals surface area contributed by atoms with Gasteiger partial charge in [0.25, 0.3) is 0 Å². The number of amides is 2. The van der Waals surface area contributed by atoms with Gasteiger partial charge in [0, 0.05) is 6.07 Å². The fourth-order valence-corrected chi connectivity index (χ4v) is 1.13. The summed E-state index contributed by atoms with van der Waals surface area (Å²) in [7, 11) is 1.51. The van der Waals surface area contributed by atoms with Crippen LogP contribution in [0.5, 0.6) is 5.75 Å². The number of ether oxygens (including phenoxy) is 1. The van der Waals surface area contributed by atoms with Gasteiger partial charge < -0.3 is 4.74 Å². The Morgan fingerprint density at radius 3 is 2.36 bits per heavy atom. The minimum Gasteiger partial charge on any atom is -0.497 e. The second-order valence-corrected chi connectivity index (χ2v) is 2.69. The Labute approximate surface area is 78.7 Å². The number of carbonyl (C=O) groups is 2. The highest BCUT2D eigenvalue weighted by Gasteiger charge is 2.14. The lowest BCUT2D eigenvalue weighted by Gasteiger charge is -2.00. The molecule has 0 spiro atoms. The first-order valence-corrected chi connectivity index (χ1v) is 3.90. The Hall–Kier alpha value is -2.04. The highest BCUT2D eigenvalue weighted by Crippen LogP contribution is 2.02. The van der Waals surface area contributed by atoms with Crippen molar-refractivity contribution in [1.82, 2.24) is 0 Å². The average molecular weight is 190 g/mol. The Morgan fingerprint density at radius 2 is 1.71 bits per heavy atom. The molecule has 1 aromatic rings. The van der Waals surface area contributed by atoms with E-state index in [4.69, 9.17) is 4.74 Å². The summed E-state index contributed by atoms with van der Waals surface area (Å²) in [6.07, 6.45) is 0. The van der Waals surface area contributed by atoms with Crippen LogP contribution in [-0.4, -0.2) is 18.9 Å². The Bertz CT molecular complexity index is 533. The molecule has 0 bridgehead atoms. The van der Waals surface area contributed by atoms with Gasteiger partial charge in [-0.1, -0.05) is 0 Å². The predicted molar refractivity (Wildman–Crippen MR) is 45.3 cm³/mol. The molecule has 1 aliphatic rings. The second-order valence-electron chi connectivity index (χ2n) is 2.69. The summed E-state index contributed by atoms with van der Waals surface area (Å²) >= 11 is 0. The molecule has 0 aromatic heterocycles. The van der Waals surface area contributed by atoms with Crippen LogP contribution < -0.4 is 15.5 Å². The highest BCUT2D eigenvalue weighted by molar-refractivity contribution is 6.36. The van der Waals surface area contributed by atoms with E-state index in [2.05, 4.69) is 9.98 Å². The van der Waals surface area contributed by atoms with Gasteiger partial charge in [-0.3, -0.25) is 9.59 Å². The molecule has 0 radical (unpaired) electrons. The predicted octanol–water partition coefficient (Wildman–Crippen LogP) is -0.999. The monoisotopic (exact) mass is 190 g/mol. The molecule has 0 unspecified atom stereocenters. The molecular weight excluding hydrogens is 184 g/mol. The van der Waals surface area contributed by atoms with Gasteiger partial charge in [-0.25, -0.2) is 9.98 Å². The van der Waals surface area contributed by atoms with E-state index in [0.717, 1.165) is 0 Å². The molecule has 1 aliphatic heterocycles. The molecule has 14 heavy (non-hydrogen) atoms. The molecule has 2 rings (SSSR count). The first kappa shape index (κ1) is 8.55. The maximum absolute atomic E-state index is 10.9. The zero-order valence-electron chi connectivity index (χ0n) is 7.35. The summed E-state index contributed by atoms with van der Waals surface area (Å²) in [6.45, 7) is 0. The van der Waals surface area contributed by atoms with Gasteiger partial charge in [-0.2, -0.15) is 0 Å². The summed E-state index contributed by atoms with van der Waals surface area (Å²) in [5.74, 6) is -1.10. The Balaban J connectivity index is 2.74. The summed E-state index contributed by atoms with van der Waals surface area (Å²) in [4.78, 5) is 28.9. The number of nitrogens with zero attached hydrogens (tertiary/aromatic N) is 2. The van der Waals surface area contributed by atoms with Crippen molar-refractivity contribution < 1.29 is 14.3 Å². The summed E-state index contributed by atoms with van der Waals surface area (Å²) in [5, 5.41) is 0.768. The zero-order chi connectivity index (χ0) is 10.1. The Kier molecular flexibility index (Phi) is 1.85. The second kappa shape index (κ2) is 3.02. The lowest BCUT2D eigenvalue weighted by Crippen LogP contribution is -2.34. The molecular formula is C9H6N2O3. The zero-order valence-corrected chi connectivity index (χ0v) is 7.35. The fourth-order valence-electron chi connectivity index (χ4n) is 1.13. The highest BCUT2D eigenvalue weighted by atomic mass is 16.5. The number of hydrogen-bond acceptors (Lipinski definition) is 3. The molecule has 5 heteroatoms. The van der Waals surface area contributed by atoms with E-state index in [-0.39, 0.29) is 0 Å². The van der Waals surface area contributed by atoms with Crippen molar-refractivity contribution in [3.8, 4) is 5.75 Å². The topological polar surface area (TPSA) is 68.1 Å². The molecule has 0 aliphatic carbocycles. The maximum atomic E-state index is 10.9. The number of benzene rings is 1. The summed E-state index contributed by atoms with van der Waals surface area (Å²) in [5.41, 5.74) is 0. The van der Waals surface area contributed by atoms with Gasteiger partial charge in [-0.05, 0) is 12.1 Å². The van der Waals surface area contributed by atoms with E-state index in [9.17, 15) is 9.59 Å². The van der Waals surface area contributed by atoms with E-state index in [0.29, 0.717) is 16.5 Å². The number of fused-ring (bicyclic) bond motifs is 1. The maximum Gasteiger partial charge on any atom is 0.338 e. The van der Waals surface area contributed by atoms with Gasteiger partial charge in [0.05, 0.1) is 17.8 Å². The lowest BCUT2D eigenvalue weighted by atomic mass is 10.3. The SMILES string of the molecule is COc1ccc2c(c1)=NC(=O)C(=O)N=2. The number of hydrogen-bond donors (Lipinski definition) is 0. The van der Waals surface area contributed by atoms with Crippen molar-refractivity contribution in [2.75, 3.05) is 7.11 Å². The van der Waals surface area contributed by atoms with Crippen LogP contribution in [-0.2, 0) is 9.59 Å². The van der Waals surface area contributed by atoms with Crippen LogP contribution in [0.4, 0.5) is 0 Å². The van der Waals surface area contributed by atoms with Crippen molar-refractivity contribution in [2.45, 2.75) is 0 Å². The first-order chi connectivity index (χ1) is 6.70. The minimum atomic E-state index is -0.842. The largest absolute Gasteiger partial charge is 0.497 e. The number of methoxy groups -OCH3 is 1. The molecule has 0 N–H and O–H groups in total. The van der Waals surface area contributed by atoms with Crippen LogP contribution in [0, 0.1) is 0 Å². The summed E-state index contributed by atoms with van der Waals surface area (Å²) in [6, 6.07) is 4.80. The number of carbonyl (C=O) groups excluding carboxylic acids is 2. The van der Waals surface area contributed by atoms with Gasteiger partial charge >= 0.3 is 11.8 Å². The minimum absolute atomic E-state index is 0.369. The molecule has 0 saturated carbocycles. The van der Waals surface area contributed by atoms with E-state index in [1.165, 1.54) is 7.11 Å². The molecule has 5 nitrogen and oxygen atoms in total. The molecule has 2 amide bonds. The van der Waals surface area contributed by atoms with Crippen molar-refractivity contribution in [3.63, 3.8) is 0 Å². The lowest BCUT2D eigenvalue weighted by molar-refractivity contribution is -0.135. The summed E-state index contributed by atoms with van der Waals surface area (Å²) < 4.78 is 4.94. The van der Waals surface area contributed by atoms with Crippen LogP contribution in [0.2, 0.25) is 0 Å². The molecule has 0 fully saturated rings. The quantitative estimate of drug-likeness (QED) is 0.533. The molecule has 1 heterocycles. The molecule has 0 saturated heterocycles. The molecule has 1 aromatic carbocycles. The van der Waals surface area contributed by atoms with Crippen LogP contribution in [0.3, 0.4) is 0 Å². The fraction of sp³-hybridized carbons (Fsp3) is 0.111. The van der Waals surface area contributed by atoms with Crippen LogP contribution >= 0.6 is 0 Å². The third-order valence-corrected chi connectivity index (χ3v) is 1.81. The van der Waals surface area contributed by atoms with Crippen LogP contribution in [0.25, 0.3) is 0 Å². The first-order valence-electron chi connectivity index (χ1n) is 3.90. The van der Waals surface area contributed by atoms with E-state index in [1.807, 2.05) is 0 Å². The van der Waals surface area contributed by atoms with Gasteiger partial charge in [0.1, 0.15) is 5.75 Å².